The van der Waals surface area contributed by atoms with E-state index in [0.717, 1.165) is 11.1 Å². The molecule has 102 valence electrons. The zero-order chi connectivity index (χ0) is 13.7. The highest BCUT2D eigenvalue weighted by Gasteiger charge is 2.36. The summed E-state index contributed by atoms with van der Waals surface area (Å²) in [5, 5.41) is 20.8. The second-order valence-electron chi connectivity index (χ2n) is 3.72. The second-order valence-corrected chi connectivity index (χ2v) is 4.13. The molecule has 0 aromatic rings. The molecule has 1 aliphatic heterocycles. The standard InChI is InChI=1S/C10H15FN2O4S/c1-12-10(18)6(11)3-13(5-15)9-2-7(16)8(4-14)17-9/h3,5,7-9,14,16H,2,4H2,1H3,(H,12,18)/b6-3+. The number of hydrogen-bond donors (Lipinski definition) is 3. The smallest absolute Gasteiger partial charge is 0.215 e. The summed E-state index contributed by atoms with van der Waals surface area (Å²) < 4.78 is 18.7. The average Bonchev–Trinajstić information content (AvgIpc) is 2.75. The quantitative estimate of drug-likeness (QED) is 0.349. The normalized spacial score (nSPS) is 28.0. The Morgan fingerprint density at radius 3 is 2.83 bits per heavy atom. The fourth-order valence-corrected chi connectivity index (χ4v) is 1.61. The molecule has 0 saturated carbocycles. The summed E-state index contributed by atoms with van der Waals surface area (Å²) in [4.78, 5) is 11.7. The predicted molar refractivity (Wildman–Crippen MR) is 65.1 cm³/mol. The molecule has 1 fully saturated rings. The molecule has 3 unspecified atom stereocenters. The van der Waals surface area contributed by atoms with Crippen molar-refractivity contribution in [2.45, 2.75) is 24.9 Å². The molecule has 3 atom stereocenters. The molecular weight excluding hydrogens is 263 g/mol. The highest BCUT2D eigenvalue weighted by molar-refractivity contribution is 7.80. The van der Waals surface area contributed by atoms with Gasteiger partial charge in [-0.2, -0.15) is 0 Å². The van der Waals surface area contributed by atoms with Gasteiger partial charge < -0.3 is 20.3 Å². The van der Waals surface area contributed by atoms with Crippen LogP contribution >= 0.6 is 12.2 Å². The number of nitrogens with zero attached hydrogens (tertiary/aromatic N) is 1. The van der Waals surface area contributed by atoms with Crippen molar-refractivity contribution in [3.05, 3.63) is 12.0 Å². The van der Waals surface area contributed by atoms with E-state index in [1.807, 2.05) is 0 Å². The Hall–Kier alpha value is -1.09. The van der Waals surface area contributed by atoms with E-state index in [2.05, 4.69) is 17.5 Å². The Balaban J connectivity index is 2.74. The minimum absolute atomic E-state index is 0.0973. The van der Waals surface area contributed by atoms with Crippen LogP contribution in [0.3, 0.4) is 0 Å². The number of thiocarbonyl (C=S) groups is 1. The van der Waals surface area contributed by atoms with E-state index in [9.17, 15) is 14.3 Å². The Bertz CT molecular complexity index is 353. The van der Waals surface area contributed by atoms with Gasteiger partial charge in [-0.3, -0.25) is 9.69 Å². The lowest BCUT2D eigenvalue weighted by Crippen LogP contribution is -2.31. The number of hydrogen-bond acceptors (Lipinski definition) is 5. The number of aliphatic hydroxyl groups is 2. The number of amides is 1. The van der Waals surface area contributed by atoms with Crippen LogP contribution in [0.5, 0.6) is 0 Å². The number of rotatable bonds is 5. The number of carbonyl (C=O) groups excluding carboxylic acids is 1. The summed E-state index contributed by atoms with van der Waals surface area (Å²) in [7, 11) is 1.46. The zero-order valence-electron chi connectivity index (χ0n) is 9.75. The summed E-state index contributed by atoms with van der Waals surface area (Å²) in [6.45, 7) is -0.370. The van der Waals surface area contributed by atoms with E-state index in [-0.39, 0.29) is 18.0 Å². The van der Waals surface area contributed by atoms with Crippen molar-refractivity contribution in [3.8, 4) is 0 Å². The SMILES string of the molecule is CNC(=S)/C(F)=C\N(C=O)C1CC(O)C(CO)O1. The van der Waals surface area contributed by atoms with Crippen molar-refractivity contribution in [2.75, 3.05) is 13.7 Å². The van der Waals surface area contributed by atoms with E-state index in [1.54, 1.807) is 0 Å². The van der Waals surface area contributed by atoms with Gasteiger partial charge in [-0.25, -0.2) is 4.39 Å². The second kappa shape index (κ2) is 6.74. The topological polar surface area (TPSA) is 82.0 Å². The highest BCUT2D eigenvalue weighted by Crippen LogP contribution is 2.23. The minimum atomic E-state index is -0.893. The average molecular weight is 278 g/mol. The fraction of sp³-hybridized carbons (Fsp3) is 0.600. The molecule has 6 nitrogen and oxygen atoms in total. The lowest BCUT2D eigenvalue weighted by molar-refractivity contribution is -0.128. The van der Waals surface area contributed by atoms with Crippen LogP contribution in [0.25, 0.3) is 0 Å². The molecule has 0 bridgehead atoms. The number of aliphatic hydroxyl groups excluding tert-OH is 2. The van der Waals surface area contributed by atoms with Gasteiger partial charge in [-0.05, 0) is 0 Å². The van der Waals surface area contributed by atoms with E-state index in [4.69, 9.17) is 9.84 Å². The van der Waals surface area contributed by atoms with Crippen LogP contribution in [-0.2, 0) is 9.53 Å². The first-order valence-corrected chi connectivity index (χ1v) is 5.70. The predicted octanol–water partition coefficient (Wildman–Crippen LogP) is -0.729. The van der Waals surface area contributed by atoms with E-state index >= 15 is 0 Å². The van der Waals surface area contributed by atoms with Crippen LogP contribution in [0.2, 0.25) is 0 Å². The van der Waals surface area contributed by atoms with Crippen LogP contribution in [0.4, 0.5) is 4.39 Å². The molecule has 18 heavy (non-hydrogen) atoms. The van der Waals surface area contributed by atoms with Crippen molar-refractivity contribution >= 4 is 23.6 Å². The van der Waals surface area contributed by atoms with Gasteiger partial charge in [0.1, 0.15) is 17.3 Å². The van der Waals surface area contributed by atoms with Gasteiger partial charge in [0.05, 0.1) is 12.7 Å². The van der Waals surface area contributed by atoms with Gasteiger partial charge >= 0.3 is 0 Å². The minimum Gasteiger partial charge on any atom is -0.394 e. The highest BCUT2D eigenvalue weighted by atomic mass is 32.1. The third-order valence-corrected chi connectivity index (χ3v) is 2.94. The maximum Gasteiger partial charge on any atom is 0.215 e. The van der Waals surface area contributed by atoms with Gasteiger partial charge in [0, 0.05) is 19.7 Å². The zero-order valence-corrected chi connectivity index (χ0v) is 10.6. The molecule has 1 rings (SSSR count). The van der Waals surface area contributed by atoms with E-state index in [1.165, 1.54) is 7.05 Å². The van der Waals surface area contributed by atoms with Crippen molar-refractivity contribution in [1.82, 2.24) is 10.2 Å². The third-order valence-electron chi connectivity index (χ3n) is 2.54. The molecule has 0 radical (unpaired) electrons. The molecule has 1 heterocycles. The lowest BCUT2D eigenvalue weighted by Gasteiger charge is -2.20. The molecule has 1 aliphatic rings. The van der Waals surface area contributed by atoms with Gasteiger partial charge in [0.15, 0.2) is 5.83 Å². The van der Waals surface area contributed by atoms with Gasteiger partial charge in [-0.1, -0.05) is 12.2 Å². The van der Waals surface area contributed by atoms with Crippen LogP contribution in [0, 0.1) is 0 Å². The van der Waals surface area contributed by atoms with Crippen molar-refractivity contribution in [1.29, 1.82) is 0 Å². The number of ether oxygens (including phenoxy) is 1. The van der Waals surface area contributed by atoms with Crippen molar-refractivity contribution in [3.63, 3.8) is 0 Å². The Morgan fingerprint density at radius 2 is 2.39 bits per heavy atom. The Labute approximate surface area is 109 Å². The van der Waals surface area contributed by atoms with Crippen LogP contribution in [-0.4, -0.2) is 58.6 Å². The maximum atomic E-state index is 13.5. The van der Waals surface area contributed by atoms with Crippen molar-refractivity contribution < 1.29 is 24.1 Å². The van der Waals surface area contributed by atoms with Crippen molar-refractivity contribution in [2.24, 2.45) is 0 Å². The largest absolute Gasteiger partial charge is 0.394 e. The maximum absolute atomic E-state index is 13.5. The third kappa shape index (κ3) is 3.45. The Morgan fingerprint density at radius 1 is 1.72 bits per heavy atom. The summed E-state index contributed by atoms with van der Waals surface area (Å²) in [5.41, 5.74) is 0. The molecule has 0 aliphatic carbocycles. The van der Waals surface area contributed by atoms with Gasteiger partial charge in [-0.15, -0.1) is 0 Å². The van der Waals surface area contributed by atoms with Crippen LogP contribution in [0.15, 0.2) is 12.0 Å². The summed E-state index contributed by atoms with van der Waals surface area (Å²) in [6.07, 6.45) is -1.13. The number of carbonyl (C=O) groups is 1. The monoisotopic (exact) mass is 278 g/mol. The first kappa shape index (κ1) is 15.0. The summed E-state index contributed by atoms with van der Waals surface area (Å²) >= 11 is 4.66. The molecule has 1 amide bonds. The van der Waals surface area contributed by atoms with Gasteiger partial charge in [0.25, 0.3) is 0 Å². The van der Waals surface area contributed by atoms with Gasteiger partial charge in [0.2, 0.25) is 6.41 Å². The summed E-state index contributed by atoms with van der Waals surface area (Å²) in [6, 6.07) is 0. The molecule has 0 aromatic carbocycles. The first-order valence-electron chi connectivity index (χ1n) is 5.30. The lowest BCUT2D eigenvalue weighted by atomic mass is 10.2. The molecule has 0 spiro atoms. The number of likely N-dealkylation sites (N-methyl/N-ethyl adjacent to an activating group) is 1. The fourth-order valence-electron chi connectivity index (χ4n) is 1.55. The first-order chi connectivity index (χ1) is 8.53. The molecule has 8 heteroatoms. The number of halogens is 1. The van der Waals surface area contributed by atoms with E-state index < -0.39 is 24.3 Å². The van der Waals surface area contributed by atoms with Crippen LogP contribution in [0.1, 0.15) is 6.42 Å². The molecule has 3 N–H and O–H groups in total. The van der Waals surface area contributed by atoms with Crippen LogP contribution < -0.4 is 5.32 Å². The van der Waals surface area contributed by atoms with E-state index in [0.29, 0.717) is 6.41 Å². The molecular formula is C10H15FN2O4S. The summed E-state index contributed by atoms with van der Waals surface area (Å²) in [5.74, 6) is -0.787. The Kier molecular flexibility index (Phi) is 5.60. The molecule has 1 saturated heterocycles. The number of nitrogens with one attached hydrogen (secondary N) is 1. The molecule has 0 aromatic heterocycles.